The van der Waals surface area contributed by atoms with Crippen molar-refractivity contribution in [3.63, 3.8) is 0 Å². The van der Waals surface area contributed by atoms with Gasteiger partial charge in [-0.25, -0.2) is 13.2 Å². The van der Waals surface area contributed by atoms with Gasteiger partial charge < -0.3 is 9.47 Å². The number of halogens is 3. The molecule has 0 atom stereocenters. The Kier molecular flexibility index (Phi) is 7.73. The molecule has 0 aromatic heterocycles. The van der Waals surface area contributed by atoms with E-state index in [9.17, 15) is 13.2 Å². The zero-order valence-electron chi connectivity index (χ0n) is 17.1. The van der Waals surface area contributed by atoms with Crippen molar-refractivity contribution in [1.29, 1.82) is 0 Å². The van der Waals surface area contributed by atoms with E-state index in [2.05, 4.69) is 6.92 Å². The summed E-state index contributed by atoms with van der Waals surface area (Å²) in [6.07, 6.45) is 5.08. The Bertz CT molecular complexity index is 791. The van der Waals surface area contributed by atoms with Crippen LogP contribution in [0.15, 0.2) is 30.3 Å². The van der Waals surface area contributed by atoms with Gasteiger partial charge in [-0.2, -0.15) is 0 Å². The van der Waals surface area contributed by atoms with E-state index in [4.69, 9.17) is 9.47 Å². The number of hydrogen-bond acceptors (Lipinski definition) is 2. The number of hydrogen-bond donors (Lipinski definition) is 0. The van der Waals surface area contributed by atoms with Crippen molar-refractivity contribution >= 4 is 0 Å². The maximum absolute atomic E-state index is 14.5. The molecule has 1 aliphatic heterocycles. The molecule has 2 aromatic rings. The maximum atomic E-state index is 14.5. The molecule has 29 heavy (non-hydrogen) atoms. The zero-order valence-corrected chi connectivity index (χ0v) is 17.1. The van der Waals surface area contributed by atoms with Crippen molar-refractivity contribution < 1.29 is 22.6 Å². The summed E-state index contributed by atoms with van der Waals surface area (Å²) < 4.78 is 54.3. The predicted molar refractivity (Wildman–Crippen MR) is 108 cm³/mol. The average Bonchev–Trinajstić information content (AvgIpc) is 2.69. The summed E-state index contributed by atoms with van der Waals surface area (Å²) in [5, 5.41) is 0. The van der Waals surface area contributed by atoms with Crippen LogP contribution >= 0.6 is 0 Å². The normalized spacial score (nSPS) is 19.5. The lowest BCUT2D eigenvalue weighted by Crippen LogP contribution is -2.31. The van der Waals surface area contributed by atoms with Gasteiger partial charge in [0.2, 0.25) is 0 Å². The Morgan fingerprint density at radius 1 is 0.897 bits per heavy atom. The highest BCUT2D eigenvalue weighted by molar-refractivity contribution is 5.65. The molecule has 1 aliphatic rings. The van der Waals surface area contributed by atoms with Crippen molar-refractivity contribution in [2.45, 2.75) is 58.7 Å². The van der Waals surface area contributed by atoms with Gasteiger partial charge in [-0.1, -0.05) is 25.5 Å². The lowest BCUT2D eigenvalue weighted by molar-refractivity contribution is -0.204. The molecule has 0 saturated carbocycles. The van der Waals surface area contributed by atoms with E-state index in [1.807, 2.05) is 0 Å². The van der Waals surface area contributed by atoms with Crippen LogP contribution in [0.4, 0.5) is 13.2 Å². The van der Waals surface area contributed by atoms with Crippen LogP contribution in [0, 0.1) is 30.3 Å². The third kappa shape index (κ3) is 5.83. The van der Waals surface area contributed by atoms with E-state index >= 15 is 0 Å². The number of unbranched alkanes of at least 4 members (excludes halogenated alkanes) is 1. The minimum atomic E-state index is -0.663. The van der Waals surface area contributed by atoms with E-state index in [1.54, 1.807) is 6.92 Å². The second-order valence-electron chi connectivity index (χ2n) is 7.90. The van der Waals surface area contributed by atoms with Crippen LogP contribution in [0.2, 0.25) is 0 Å². The van der Waals surface area contributed by atoms with Crippen molar-refractivity contribution in [2.24, 2.45) is 5.92 Å². The quantitative estimate of drug-likeness (QED) is 0.461. The van der Waals surface area contributed by atoms with Crippen molar-refractivity contribution in [3.8, 4) is 11.1 Å². The van der Waals surface area contributed by atoms with Crippen LogP contribution < -0.4 is 0 Å². The van der Waals surface area contributed by atoms with Crippen molar-refractivity contribution in [1.82, 2.24) is 0 Å². The fourth-order valence-electron chi connectivity index (χ4n) is 3.76. The molecule has 0 bridgehead atoms. The van der Waals surface area contributed by atoms with Gasteiger partial charge in [0.05, 0.1) is 18.8 Å². The molecule has 0 unspecified atom stereocenters. The van der Waals surface area contributed by atoms with Gasteiger partial charge in [0.15, 0.2) is 6.29 Å². The van der Waals surface area contributed by atoms with E-state index in [0.29, 0.717) is 23.5 Å². The monoisotopic (exact) mass is 406 g/mol. The molecule has 3 rings (SSSR count). The van der Waals surface area contributed by atoms with Crippen LogP contribution in [-0.2, 0) is 15.9 Å². The molecule has 0 amide bonds. The number of rotatable bonds is 8. The van der Waals surface area contributed by atoms with Crippen LogP contribution in [0.5, 0.6) is 0 Å². The van der Waals surface area contributed by atoms with Gasteiger partial charge in [0.1, 0.15) is 17.5 Å². The second kappa shape index (κ2) is 10.3. The Labute approximate surface area is 171 Å². The zero-order chi connectivity index (χ0) is 20.8. The molecule has 0 spiro atoms. The maximum Gasteiger partial charge on any atom is 0.157 e. The minimum Gasteiger partial charge on any atom is -0.352 e. The van der Waals surface area contributed by atoms with Crippen molar-refractivity contribution in [2.75, 3.05) is 13.2 Å². The van der Waals surface area contributed by atoms with Crippen molar-refractivity contribution in [3.05, 3.63) is 58.9 Å². The number of aryl methyl sites for hydroxylation is 2. The Morgan fingerprint density at radius 2 is 1.59 bits per heavy atom. The molecule has 0 aliphatic carbocycles. The SMILES string of the molecule is CCCC1COC(CCCCc2cc(F)c(-c3ccc(C)c(F)c3)c(F)c2)OC1. The molecule has 1 heterocycles. The first kappa shape index (κ1) is 21.8. The minimum absolute atomic E-state index is 0.171. The lowest BCUT2D eigenvalue weighted by atomic mass is 9.98. The first-order chi connectivity index (χ1) is 14.0. The smallest absolute Gasteiger partial charge is 0.157 e. The molecule has 1 fully saturated rings. The van der Waals surface area contributed by atoms with Gasteiger partial charge >= 0.3 is 0 Å². The third-order valence-corrected chi connectivity index (χ3v) is 5.45. The Hall–Kier alpha value is -1.85. The predicted octanol–water partition coefficient (Wildman–Crippen LogP) is 6.58. The highest BCUT2D eigenvalue weighted by Gasteiger charge is 2.21. The first-order valence-corrected chi connectivity index (χ1v) is 10.5. The third-order valence-electron chi connectivity index (χ3n) is 5.45. The summed E-state index contributed by atoms with van der Waals surface area (Å²) in [5.74, 6) is -1.31. The van der Waals surface area contributed by atoms with E-state index in [1.165, 1.54) is 30.3 Å². The summed E-state index contributed by atoms with van der Waals surface area (Å²) in [5.41, 5.74) is 1.07. The molecule has 2 aromatic carbocycles. The van der Waals surface area contributed by atoms with Gasteiger partial charge in [0.25, 0.3) is 0 Å². The molecule has 0 radical (unpaired) electrons. The first-order valence-electron chi connectivity index (χ1n) is 10.5. The highest BCUT2D eigenvalue weighted by atomic mass is 19.1. The number of ether oxygens (including phenoxy) is 2. The second-order valence-corrected chi connectivity index (χ2v) is 7.90. The molecule has 5 heteroatoms. The highest BCUT2D eigenvalue weighted by Crippen LogP contribution is 2.29. The molecule has 0 N–H and O–H groups in total. The van der Waals surface area contributed by atoms with Crippen LogP contribution in [0.25, 0.3) is 11.1 Å². The molecular formula is C24H29F3O2. The summed E-state index contributed by atoms with van der Waals surface area (Å²) >= 11 is 0. The average molecular weight is 406 g/mol. The van der Waals surface area contributed by atoms with E-state index in [0.717, 1.165) is 45.3 Å². The van der Waals surface area contributed by atoms with Gasteiger partial charge in [0, 0.05) is 5.92 Å². The van der Waals surface area contributed by atoms with Gasteiger partial charge in [-0.05, 0) is 73.9 Å². The summed E-state index contributed by atoms with van der Waals surface area (Å²) in [7, 11) is 0. The molecule has 1 saturated heterocycles. The fourth-order valence-corrected chi connectivity index (χ4v) is 3.76. The topological polar surface area (TPSA) is 18.5 Å². The molecular weight excluding hydrogens is 377 g/mol. The summed E-state index contributed by atoms with van der Waals surface area (Å²) in [6.45, 7) is 5.26. The van der Waals surface area contributed by atoms with Crippen LogP contribution in [0.3, 0.4) is 0 Å². The lowest BCUT2D eigenvalue weighted by Gasteiger charge is -2.29. The van der Waals surface area contributed by atoms with E-state index < -0.39 is 17.5 Å². The molecule has 2 nitrogen and oxygen atoms in total. The Balaban J connectivity index is 1.51. The molecule has 158 valence electrons. The van der Waals surface area contributed by atoms with Crippen LogP contribution in [-0.4, -0.2) is 19.5 Å². The van der Waals surface area contributed by atoms with Gasteiger partial charge in [-0.15, -0.1) is 0 Å². The van der Waals surface area contributed by atoms with Crippen LogP contribution in [0.1, 0.15) is 50.2 Å². The summed E-state index contributed by atoms with van der Waals surface area (Å²) in [6, 6.07) is 6.93. The standard InChI is InChI=1S/C24H29F3O2/c1-3-6-18-14-28-23(29-15-18)8-5-4-7-17-11-21(26)24(22(27)12-17)19-10-9-16(2)20(25)13-19/h9-13,18,23H,3-8,14-15H2,1-2H3. The largest absolute Gasteiger partial charge is 0.352 e. The number of benzene rings is 2. The Morgan fingerprint density at radius 3 is 2.21 bits per heavy atom. The summed E-state index contributed by atoms with van der Waals surface area (Å²) in [4.78, 5) is 0. The fraction of sp³-hybridized carbons (Fsp3) is 0.500. The van der Waals surface area contributed by atoms with E-state index in [-0.39, 0.29) is 17.4 Å². The van der Waals surface area contributed by atoms with Gasteiger partial charge in [-0.3, -0.25) is 0 Å².